The molecule has 37 heavy (non-hydrogen) atoms. The summed E-state index contributed by atoms with van der Waals surface area (Å²) in [7, 11) is 0. The smallest absolute Gasteiger partial charge is 0.294 e. The summed E-state index contributed by atoms with van der Waals surface area (Å²) in [4.78, 5) is 17.0. The lowest BCUT2D eigenvalue weighted by atomic mass is 9.87. The number of nitrogens with zero attached hydrogens (tertiary/aromatic N) is 2. The molecule has 1 aromatic heterocycles. The minimum absolute atomic E-state index is 0.171. The molecule has 2 saturated heterocycles. The van der Waals surface area contributed by atoms with E-state index in [1.54, 1.807) is 23.5 Å². The Morgan fingerprint density at radius 3 is 2.43 bits per heavy atom. The Bertz CT molecular complexity index is 1370. The van der Waals surface area contributed by atoms with Gasteiger partial charge >= 0.3 is 5.91 Å². The monoisotopic (exact) mass is 513 g/mol. The summed E-state index contributed by atoms with van der Waals surface area (Å²) >= 11 is 1.75. The number of halogens is 1. The molecule has 2 aliphatic heterocycles. The van der Waals surface area contributed by atoms with E-state index in [2.05, 4.69) is 46.8 Å². The molecule has 3 atom stereocenters. The van der Waals surface area contributed by atoms with Crippen LogP contribution in [-0.4, -0.2) is 54.1 Å². The highest BCUT2D eigenvalue weighted by Crippen LogP contribution is 2.41. The number of rotatable bonds is 5. The number of likely N-dealkylation sites (N-methyl/N-ethyl adjacent to an activating group) is 1. The van der Waals surface area contributed by atoms with Crippen molar-refractivity contribution in [2.75, 3.05) is 32.7 Å². The number of hydrogen-bond donors (Lipinski definition) is 0. The van der Waals surface area contributed by atoms with Crippen LogP contribution < -0.4 is 0 Å². The number of thiophene rings is 1. The zero-order valence-electron chi connectivity index (χ0n) is 21.4. The number of fused-ring (bicyclic) bond motifs is 1. The second-order valence-corrected chi connectivity index (χ2v) is 11.5. The maximum absolute atomic E-state index is 14.3. The van der Waals surface area contributed by atoms with Crippen molar-refractivity contribution in [1.82, 2.24) is 4.90 Å². The Kier molecular flexibility index (Phi) is 6.70. The van der Waals surface area contributed by atoms with Gasteiger partial charge in [-0.15, -0.1) is 0 Å². The minimum Gasteiger partial charge on any atom is -0.294 e. The Morgan fingerprint density at radius 1 is 0.946 bits per heavy atom. The highest BCUT2D eigenvalue weighted by Gasteiger charge is 2.52. The van der Waals surface area contributed by atoms with Crippen molar-refractivity contribution in [2.24, 2.45) is 0 Å². The molecule has 0 radical (unpaired) electrons. The van der Waals surface area contributed by atoms with Crippen molar-refractivity contribution in [3.8, 4) is 0 Å². The molecule has 0 N–H and O–H groups in total. The van der Waals surface area contributed by atoms with Crippen molar-refractivity contribution in [2.45, 2.75) is 37.6 Å². The van der Waals surface area contributed by atoms with Crippen molar-refractivity contribution < 1.29 is 13.7 Å². The lowest BCUT2D eigenvalue weighted by molar-refractivity contribution is -0.835. The summed E-state index contributed by atoms with van der Waals surface area (Å²) < 4.78 is 13.9. The van der Waals surface area contributed by atoms with Crippen LogP contribution in [0.5, 0.6) is 0 Å². The van der Waals surface area contributed by atoms with Crippen molar-refractivity contribution in [3.63, 3.8) is 0 Å². The fourth-order valence-corrected chi connectivity index (χ4v) is 7.50. The average molecular weight is 514 g/mol. The van der Waals surface area contributed by atoms with Gasteiger partial charge in [-0.1, -0.05) is 48.5 Å². The first-order valence-electron chi connectivity index (χ1n) is 13.5. The topological polar surface area (TPSA) is 20.3 Å². The number of quaternary nitrogens is 1. The van der Waals surface area contributed by atoms with E-state index in [-0.39, 0.29) is 11.7 Å². The lowest BCUT2D eigenvalue weighted by Crippen LogP contribution is -2.53. The SMILES string of the molecule is CC[N+]1(C(=O)c2cccc3ccccc23)CC(c2ccsc2)C(N2CCC(c3ccc(F)cc3)CC2)C1. The van der Waals surface area contributed by atoms with Gasteiger partial charge in [0.25, 0.3) is 0 Å². The van der Waals surface area contributed by atoms with Crippen LogP contribution in [0.25, 0.3) is 10.8 Å². The van der Waals surface area contributed by atoms with Crippen molar-refractivity contribution >= 4 is 28.0 Å². The van der Waals surface area contributed by atoms with Gasteiger partial charge in [0.1, 0.15) is 12.4 Å². The largest absolute Gasteiger partial charge is 0.346 e. The number of amides is 1. The maximum Gasteiger partial charge on any atom is 0.346 e. The minimum atomic E-state index is -0.171. The first kappa shape index (κ1) is 24.5. The van der Waals surface area contributed by atoms with Gasteiger partial charge in [0, 0.05) is 0 Å². The molecular weight excluding hydrogens is 479 g/mol. The van der Waals surface area contributed by atoms with Gasteiger partial charge in [0.05, 0.1) is 30.6 Å². The Hall–Kier alpha value is -2.86. The van der Waals surface area contributed by atoms with E-state index in [1.807, 2.05) is 36.4 Å². The number of carbonyl (C=O) groups is 1. The van der Waals surface area contributed by atoms with Crippen LogP contribution in [0.2, 0.25) is 0 Å². The third kappa shape index (κ3) is 4.54. The van der Waals surface area contributed by atoms with E-state index in [0.717, 1.165) is 61.9 Å². The molecule has 4 aromatic rings. The molecule has 190 valence electrons. The molecule has 2 aliphatic rings. The van der Waals surface area contributed by atoms with Crippen LogP contribution in [0.15, 0.2) is 83.6 Å². The first-order chi connectivity index (χ1) is 18.1. The molecule has 0 bridgehead atoms. The molecule has 3 aromatic carbocycles. The number of carbonyl (C=O) groups excluding carboxylic acids is 1. The predicted molar refractivity (Wildman–Crippen MR) is 150 cm³/mol. The van der Waals surface area contributed by atoms with Crippen LogP contribution >= 0.6 is 11.3 Å². The molecule has 0 spiro atoms. The summed E-state index contributed by atoms with van der Waals surface area (Å²) in [5.74, 6) is 0.895. The Labute approximate surface area is 222 Å². The number of piperidine rings is 1. The second-order valence-electron chi connectivity index (χ2n) is 10.8. The van der Waals surface area contributed by atoms with Crippen molar-refractivity contribution in [1.29, 1.82) is 0 Å². The van der Waals surface area contributed by atoms with E-state index in [9.17, 15) is 9.18 Å². The van der Waals surface area contributed by atoms with Gasteiger partial charge in [0.2, 0.25) is 0 Å². The van der Waals surface area contributed by atoms with Crippen LogP contribution in [-0.2, 0) is 0 Å². The third-order valence-corrected chi connectivity index (χ3v) is 9.62. The zero-order chi connectivity index (χ0) is 25.4. The van der Waals surface area contributed by atoms with Crippen LogP contribution in [0.1, 0.15) is 53.1 Å². The maximum atomic E-state index is 14.3. The number of likely N-dealkylation sites (tertiary alicyclic amines) is 2. The molecule has 0 saturated carbocycles. The van der Waals surface area contributed by atoms with Crippen LogP contribution in [0, 0.1) is 5.82 Å². The summed E-state index contributed by atoms with van der Waals surface area (Å²) in [6.45, 7) is 6.69. The van der Waals surface area contributed by atoms with Crippen molar-refractivity contribution in [3.05, 3.63) is 106 Å². The molecule has 3 unspecified atom stereocenters. The summed E-state index contributed by atoms with van der Waals surface area (Å²) in [5.41, 5.74) is 3.46. The lowest BCUT2D eigenvalue weighted by Gasteiger charge is -2.38. The number of hydrogen-bond acceptors (Lipinski definition) is 3. The van der Waals surface area contributed by atoms with E-state index < -0.39 is 0 Å². The fraction of sp³-hybridized carbons (Fsp3) is 0.344. The molecular formula is C32H34FN2OS+. The quantitative estimate of drug-likeness (QED) is 0.266. The summed E-state index contributed by atoms with van der Waals surface area (Å²) in [5, 5.41) is 6.62. The van der Waals surface area contributed by atoms with Crippen LogP contribution in [0.3, 0.4) is 0 Å². The third-order valence-electron chi connectivity index (χ3n) is 8.91. The predicted octanol–water partition coefficient (Wildman–Crippen LogP) is 7.06. The summed E-state index contributed by atoms with van der Waals surface area (Å²) in [6, 6.07) is 24.0. The molecule has 2 fully saturated rings. The highest BCUT2D eigenvalue weighted by molar-refractivity contribution is 7.08. The highest BCUT2D eigenvalue weighted by atomic mass is 32.1. The van der Waals surface area contributed by atoms with Gasteiger partial charge in [-0.25, -0.2) is 9.18 Å². The first-order valence-corrected chi connectivity index (χ1v) is 14.4. The van der Waals surface area contributed by atoms with Crippen LogP contribution in [0.4, 0.5) is 4.39 Å². The van der Waals surface area contributed by atoms with E-state index in [1.165, 1.54) is 11.1 Å². The van der Waals surface area contributed by atoms with E-state index >= 15 is 0 Å². The molecule has 1 amide bonds. The van der Waals surface area contributed by atoms with E-state index in [0.29, 0.717) is 22.4 Å². The molecule has 5 heteroatoms. The zero-order valence-corrected chi connectivity index (χ0v) is 22.2. The Morgan fingerprint density at radius 2 is 1.70 bits per heavy atom. The van der Waals surface area contributed by atoms with Gasteiger partial charge in [-0.05, 0) is 95.7 Å². The van der Waals surface area contributed by atoms with E-state index in [4.69, 9.17) is 0 Å². The van der Waals surface area contributed by atoms with Gasteiger partial charge in [-0.3, -0.25) is 9.38 Å². The normalized spacial score (nSPS) is 25.0. The molecule has 6 rings (SSSR count). The van der Waals surface area contributed by atoms with Gasteiger partial charge < -0.3 is 0 Å². The summed E-state index contributed by atoms with van der Waals surface area (Å²) in [6.07, 6.45) is 2.14. The number of benzene rings is 3. The molecule has 3 heterocycles. The average Bonchev–Trinajstić information content (AvgIpc) is 3.62. The van der Waals surface area contributed by atoms with Gasteiger partial charge in [-0.2, -0.15) is 11.3 Å². The Balaban J connectivity index is 1.28. The second kappa shape index (κ2) is 10.1. The van der Waals surface area contributed by atoms with Gasteiger partial charge in [0.15, 0.2) is 0 Å². The molecule has 0 aliphatic carbocycles. The molecule has 3 nitrogen and oxygen atoms in total. The fourth-order valence-electron chi connectivity index (χ4n) is 6.78. The standard InChI is InChI=1S/C32H34FN2OS/c1-2-35(32(36)29-9-5-7-25-6-3-4-8-28(25)29)20-30(26-16-19-37-22-26)31(21-35)34-17-14-24(15-18-34)23-10-12-27(33)13-11-23/h3-13,16,19,22,24,30-31H,2,14-15,17-18,20-21H2,1H3/q+1.